The molecular weight excluding hydrogens is 228 g/mol. The van der Waals surface area contributed by atoms with E-state index in [0.29, 0.717) is 23.7 Å². The second-order valence-electron chi connectivity index (χ2n) is 3.45. The van der Waals surface area contributed by atoms with Crippen LogP contribution < -0.4 is 10.6 Å². The second-order valence-corrected chi connectivity index (χ2v) is 3.89. The predicted octanol–water partition coefficient (Wildman–Crippen LogP) is 1.92. The van der Waals surface area contributed by atoms with E-state index in [0.717, 1.165) is 5.69 Å². The van der Waals surface area contributed by atoms with E-state index >= 15 is 0 Å². The second kappa shape index (κ2) is 5.61. The summed E-state index contributed by atoms with van der Waals surface area (Å²) >= 11 is 5.88. The zero-order valence-corrected chi connectivity index (χ0v) is 10.1. The molecule has 2 N–H and O–H groups in total. The van der Waals surface area contributed by atoms with Crippen molar-refractivity contribution in [3.63, 3.8) is 0 Å². The van der Waals surface area contributed by atoms with Crippen molar-refractivity contribution < 1.29 is 9.53 Å². The Bertz CT molecular complexity index is 382. The van der Waals surface area contributed by atoms with Crippen LogP contribution in [-0.4, -0.2) is 26.7 Å². The van der Waals surface area contributed by atoms with Gasteiger partial charge in [-0.3, -0.25) is 4.79 Å². The molecule has 0 radical (unpaired) electrons. The first-order valence-electron chi connectivity index (χ1n) is 4.87. The van der Waals surface area contributed by atoms with Gasteiger partial charge < -0.3 is 15.4 Å². The fraction of sp³-hybridized carbons (Fsp3) is 0.364. The van der Waals surface area contributed by atoms with Crippen LogP contribution in [-0.2, 0) is 9.53 Å². The molecule has 0 aliphatic carbocycles. The molecule has 88 valence electrons. The van der Waals surface area contributed by atoms with E-state index in [-0.39, 0.29) is 5.97 Å². The third-order valence-corrected chi connectivity index (χ3v) is 2.52. The zero-order chi connectivity index (χ0) is 12.1. The van der Waals surface area contributed by atoms with Crippen LogP contribution in [0.5, 0.6) is 0 Å². The number of ether oxygens (including phenoxy) is 1. The highest BCUT2D eigenvalue weighted by Crippen LogP contribution is 2.25. The van der Waals surface area contributed by atoms with Crippen LogP contribution in [0.4, 0.5) is 11.4 Å². The van der Waals surface area contributed by atoms with Crippen LogP contribution in [0.2, 0.25) is 5.02 Å². The van der Waals surface area contributed by atoms with E-state index in [2.05, 4.69) is 4.74 Å². The number of benzene rings is 1. The summed E-state index contributed by atoms with van der Waals surface area (Å²) in [6, 6.07) is 5.25. The first-order valence-corrected chi connectivity index (χ1v) is 5.25. The van der Waals surface area contributed by atoms with E-state index in [1.807, 2.05) is 11.9 Å². The summed E-state index contributed by atoms with van der Waals surface area (Å²) < 4.78 is 4.57. The monoisotopic (exact) mass is 242 g/mol. The summed E-state index contributed by atoms with van der Waals surface area (Å²) in [5.41, 5.74) is 7.26. The van der Waals surface area contributed by atoms with Crippen molar-refractivity contribution in [1.82, 2.24) is 0 Å². The molecule has 0 saturated heterocycles. The largest absolute Gasteiger partial charge is 0.469 e. The molecule has 1 rings (SSSR count). The molecule has 16 heavy (non-hydrogen) atoms. The van der Waals surface area contributed by atoms with Gasteiger partial charge in [0.1, 0.15) is 0 Å². The Kier molecular flexibility index (Phi) is 4.43. The average Bonchev–Trinajstić information content (AvgIpc) is 2.28. The molecule has 0 atom stereocenters. The fourth-order valence-electron chi connectivity index (χ4n) is 1.33. The molecule has 4 nitrogen and oxygen atoms in total. The van der Waals surface area contributed by atoms with Crippen molar-refractivity contribution in [2.45, 2.75) is 6.42 Å². The lowest BCUT2D eigenvalue weighted by Gasteiger charge is -2.20. The van der Waals surface area contributed by atoms with Gasteiger partial charge in [-0.15, -0.1) is 0 Å². The molecule has 0 aliphatic heterocycles. The van der Waals surface area contributed by atoms with Gasteiger partial charge >= 0.3 is 5.97 Å². The van der Waals surface area contributed by atoms with E-state index in [1.54, 1.807) is 18.2 Å². The third kappa shape index (κ3) is 3.31. The van der Waals surface area contributed by atoms with Gasteiger partial charge in [0.25, 0.3) is 0 Å². The van der Waals surface area contributed by atoms with Crippen molar-refractivity contribution in [1.29, 1.82) is 0 Å². The Morgan fingerprint density at radius 3 is 2.88 bits per heavy atom. The number of carbonyl (C=O) groups is 1. The predicted molar refractivity (Wildman–Crippen MR) is 65.8 cm³/mol. The summed E-state index contributed by atoms with van der Waals surface area (Å²) in [5.74, 6) is -0.243. The smallest absolute Gasteiger partial charge is 0.307 e. The van der Waals surface area contributed by atoms with Crippen LogP contribution in [0.15, 0.2) is 18.2 Å². The number of esters is 1. The van der Waals surface area contributed by atoms with Crippen LogP contribution >= 0.6 is 11.6 Å². The quantitative estimate of drug-likeness (QED) is 0.648. The maximum atomic E-state index is 11.0. The normalized spacial score (nSPS) is 9.94. The van der Waals surface area contributed by atoms with Crippen molar-refractivity contribution in [2.75, 3.05) is 31.3 Å². The molecule has 0 bridgehead atoms. The number of hydrogen-bond acceptors (Lipinski definition) is 4. The van der Waals surface area contributed by atoms with Crippen LogP contribution in [0.1, 0.15) is 6.42 Å². The standard InChI is InChI=1S/C11H15ClN2O2/c1-14(6-5-11(15)16-2)10-7-8(12)3-4-9(10)13/h3-4,7H,5-6,13H2,1-2H3. The SMILES string of the molecule is COC(=O)CCN(C)c1cc(Cl)ccc1N. The number of rotatable bonds is 4. The van der Waals surface area contributed by atoms with E-state index < -0.39 is 0 Å². The number of carbonyl (C=O) groups excluding carboxylic acids is 1. The Morgan fingerprint density at radius 1 is 1.56 bits per heavy atom. The number of anilines is 2. The number of nitrogens with zero attached hydrogens (tertiary/aromatic N) is 1. The molecule has 0 aliphatic rings. The highest BCUT2D eigenvalue weighted by Gasteiger charge is 2.08. The Hall–Kier alpha value is -1.42. The summed E-state index contributed by atoms with van der Waals surface area (Å²) in [6.45, 7) is 0.539. The lowest BCUT2D eigenvalue weighted by atomic mass is 10.2. The number of methoxy groups -OCH3 is 1. The van der Waals surface area contributed by atoms with Crippen molar-refractivity contribution in [3.05, 3.63) is 23.2 Å². The maximum Gasteiger partial charge on any atom is 0.307 e. The Morgan fingerprint density at radius 2 is 2.25 bits per heavy atom. The minimum atomic E-state index is -0.243. The highest BCUT2D eigenvalue weighted by molar-refractivity contribution is 6.31. The van der Waals surface area contributed by atoms with Crippen molar-refractivity contribution in [2.24, 2.45) is 0 Å². The molecule has 0 heterocycles. The summed E-state index contributed by atoms with van der Waals surface area (Å²) in [5, 5.41) is 0.620. The summed E-state index contributed by atoms with van der Waals surface area (Å²) in [7, 11) is 3.22. The van der Waals surface area contributed by atoms with Crippen LogP contribution in [0.25, 0.3) is 0 Å². The number of nitrogen functional groups attached to an aromatic ring is 1. The van der Waals surface area contributed by atoms with E-state index in [9.17, 15) is 4.79 Å². The first-order chi connectivity index (χ1) is 7.54. The average molecular weight is 243 g/mol. The van der Waals surface area contributed by atoms with Gasteiger partial charge in [0.2, 0.25) is 0 Å². The zero-order valence-electron chi connectivity index (χ0n) is 9.37. The Balaban J connectivity index is 2.68. The molecule has 0 saturated carbocycles. The highest BCUT2D eigenvalue weighted by atomic mass is 35.5. The van der Waals surface area contributed by atoms with Gasteiger partial charge in [0, 0.05) is 18.6 Å². The fourth-order valence-corrected chi connectivity index (χ4v) is 1.50. The van der Waals surface area contributed by atoms with Gasteiger partial charge in [0.05, 0.1) is 24.9 Å². The van der Waals surface area contributed by atoms with Gasteiger partial charge in [-0.2, -0.15) is 0 Å². The van der Waals surface area contributed by atoms with Crippen molar-refractivity contribution in [3.8, 4) is 0 Å². The number of hydrogen-bond donors (Lipinski definition) is 1. The molecule has 5 heteroatoms. The van der Waals surface area contributed by atoms with Crippen LogP contribution in [0, 0.1) is 0 Å². The molecule has 0 spiro atoms. The molecule has 1 aromatic rings. The molecule has 0 aromatic heterocycles. The number of halogens is 1. The molecule has 0 unspecified atom stereocenters. The molecule has 0 fully saturated rings. The lowest BCUT2D eigenvalue weighted by Crippen LogP contribution is -2.22. The first kappa shape index (κ1) is 12.6. The van der Waals surface area contributed by atoms with Crippen molar-refractivity contribution >= 4 is 28.9 Å². The summed E-state index contributed by atoms with van der Waals surface area (Å²) in [6.07, 6.45) is 0.318. The topological polar surface area (TPSA) is 55.6 Å². The number of nitrogens with two attached hydrogens (primary N) is 1. The van der Waals surface area contributed by atoms with Gasteiger partial charge in [-0.05, 0) is 18.2 Å². The lowest BCUT2D eigenvalue weighted by molar-refractivity contribution is -0.140. The van der Waals surface area contributed by atoms with E-state index in [1.165, 1.54) is 7.11 Å². The molecular formula is C11H15ClN2O2. The van der Waals surface area contributed by atoms with E-state index in [4.69, 9.17) is 17.3 Å². The summed E-state index contributed by atoms with van der Waals surface area (Å²) in [4.78, 5) is 12.9. The minimum Gasteiger partial charge on any atom is -0.469 e. The van der Waals surface area contributed by atoms with Crippen LogP contribution in [0.3, 0.4) is 0 Å². The van der Waals surface area contributed by atoms with Gasteiger partial charge in [-0.25, -0.2) is 0 Å². The molecule has 1 aromatic carbocycles. The Labute approximate surface area is 99.9 Å². The third-order valence-electron chi connectivity index (χ3n) is 2.28. The molecule has 0 amide bonds. The van der Waals surface area contributed by atoms with Gasteiger partial charge in [0.15, 0.2) is 0 Å². The maximum absolute atomic E-state index is 11.0. The minimum absolute atomic E-state index is 0.243. The van der Waals surface area contributed by atoms with Gasteiger partial charge in [-0.1, -0.05) is 11.6 Å².